The molecule has 0 N–H and O–H groups in total. The van der Waals surface area contributed by atoms with Gasteiger partial charge in [0.2, 0.25) is 0 Å². The minimum atomic E-state index is 0.554. The van der Waals surface area contributed by atoms with E-state index in [1.807, 2.05) is 12.3 Å². The standard InChI is InChI=1S/C10H14IN/c1-7(2)8(3)10-9(11)5-4-6-12-10/h4-8H,1-3H3. The van der Waals surface area contributed by atoms with Gasteiger partial charge in [0.15, 0.2) is 0 Å². The van der Waals surface area contributed by atoms with E-state index in [9.17, 15) is 0 Å². The average Bonchev–Trinajstić information content (AvgIpc) is 2.04. The van der Waals surface area contributed by atoms with Crippen molar-refractivity contribution in [2.75, 3.05) is 0 Å². The van der Waals surface area contributed by atoms with Crippen LogP contribution in [0.4, 0.5) is 0 Å². The lowest BCUT2D eigenvalue weighted by molar-refractivity contribution is 0.521. The van der Waals surface area contributed by atoms with Gasteiger partial charge >= 0.3 is 0 Å². The number of halogens is 1. The number of hydrogen-bond acceptors (Lipinski definition) is 1. The third-order valence-corrected chi connectivity index (χ3v) is 3.13. The molecular weight excluding hydrogens is 261 g/mol. The molecule has 0 aliphatic heterocycles. The van der Waals surface area contributed by atoms with E-state index in [1.54, 1.807) is 0 Å². The van der Waals surface area contributed by atoms with E-state index in [4.69, 9.17) is 0 Å². The normalized spacial score (nSPS) is 13.4. The van der Waals surface area contributed by atoms with Crippen LogP contribution in [0.5, 0.6) is 0 Å². The van der Waals surface area contributed by atoms with Crippen LogP contribution in [0.2, 0.25) is 0 Å². The van der Waals surface area contributed by atoms with Gasteiger partial charge in [0, 0.05) is 15.7 Å². The molecule has 0 aromatic carbocycles. The molecule has 1 heterocycles. The molecule has 1 atom stereocenters. The Kier molecular flexibility index (Phi) is 3.50. The zero-order chi connectivity index (χ0) is 9.14. The van der Waals surface area contributed by atoms with Gasteiger partial charge in [-0.1, -0.05) is 20.8 Å². The topological polar surface area (TPSA) is 12.9 Å². The summed E-state index contributed by atoms with van der Waals surface area (Å²) >= 11 is 2.35. The van der Waals surface area contributed by atoms with E-state index in [-0.39, 0.29) is 0 Å². The maximum atomic E-state index is 4.39. The summed E-state index contributed by atoms with van der Waals surface area (Å²) in [6.45, 7) is 6.69. The Hall–Kier alpha value is -0.120. The lowest BCUT2D eigenvalue weighted by Crippen LogP contribution is -2.06. The second kappa shape index (κ2) is 4.21. The van der Waals surface area contributed by atoms with Crippen molar-refractivity contribution in [1.29, 1.82) is 0 Å². The summed E-state index contributed by atoms with van der Waals surface area (Å²) < 4.78 is 1.27. The van der Waals surface area contributed by atoms with Gasteiger partial charge in [0.1, 0.15) is 0 Å². The third kappa shape index (κ3) is 2.19. The monoisotopic (exact) mass is 275 g/mol. The number of nitrogens with zero attached hydrogens (tertiary/aromatic N) is 1. The molecule has 0 aliphatic rings. The maximum absolute atomic E-state index is 4.39. The third-order valence-electron chi connectivity index (χ3n) is 2.22. The van der Waals surface area contributed by atoms with Crippen molar-refractivity contribution in [1.82, 2.24) is 4.98 Å². The summed E-state index contributed by atoms with van der Waals surface area (Å²) in [5.41, 5.74) is 1.23. The molecular formula is C10H14IN. The molecule has 0 radical (unpaired) electrons. The minimum Gasteiger partial charge on any atom is -0.260 e. The summed E-state index contributed by atoms with van der Waals surface area (Å²) in [6.07, 6.45) is 1.87. The van der Waals surface area contributed by atoms with Crippen LogP contribution in [-0.4, -0.2) is 4.98 Å². The quantitative estimate of drug-likeness (QED) is 0.753. The van der Waals surface area contributed by atoms with Gasteiger partial charge in [-0.25, -0.2) is 0 Å². The van der Waals surface area contributed by atoms with Crippen molar-refractivity contribution in [3.05, 3.63) is 27.6 Å². The van der Waals surface area contributed by atoms with Crippen LogP contribution < -0.4 is 0 Å². The molecule has 1 unspecified atom stereocenters. The molecule has 0 saturated carbocycles. The molecule has 0 bridgehead atoms. The molecule has 0 aliphatic carbocycles. The first kappa shape index (κ1) is 9.96. The fourth-order valence-corrected chi connectivity index (χ4v) is 1.89. The average molecular weight is 275 g/mol. The van der Waals surface area contributed by atoms with Crippen LogP contribution in [-0.2, 0) is 0 Å². The zero-order valence-electron chi connectivity index (χ0n) is 7.71. The predicted octanol–water partition coefficient (Wildman–Crippen LogP) is 3.45. The molecule has 66 valence electrons. The number of aromatic nitrogens is 1. The van der Waals surface area contributed by atoms with Crippen molar-refractivity contribution >= 4 is 22.6 Å². The molecule has 1 rings (SSSR count). The first-order chi connectivity index (χ1) is 5.63. The first-order valence-electron chi connectivity index (χ1n) is 4.23. The Bertz CT molecular complexity index is 258. The van der Waals surface area contributed by atoms with Crippen molar-refractivity contribution in [3.63, 3.8) is 0 Å². The summed E-state index contributed by atoms with van der Waals surface area (Å²) in [7, 11) is 0. The molecule has 1 nitrogen and oxygen atoms in total. The molecule has 0 amide bonds. The summed E-state index contributed by atoms with van der Waals surface area (Å²) in [4.78, 5) is 4.39. The van der Waals surface area contributed by atoms with Gasteiger partial charge in [-0.2, -0.15) is 0 Å². The van der Waals surface area contributed by atoms with E-state index < -0.39 is 0 Å². The Morgan fingerprint density at radius 1 is 1.33 bits per heavy atom. The number of rotatable bonds is 2. The van der Waals surface area contributed by atoms with Gasteiger partial charge in [-0.15, -0.1) is 0 Å². The minimum absolute atomic E-state index is 0.554. The van der Waals surface area contributed by atoms with Gasteiger partial charge in [-0.05, 0) is 40.6 Å². The van der Waals surface area contributed by atoms with Crippen LogP contribution >= 0.6 is 22.6 Å². The highest BCUT2D eigenvalue weighted by atomic mass is 127. The van der Waals surface area contributed by atoms with Crippen molar-refractivity contribution in [2.45, 2.75) is 26.7 Å². The number of pyridine rings is 1. The second-order valence-electron chi connectivity index (χ2n) is 3.40. The first-order valence-corrected chi connectivity index (χ1v) is 5.31. The highest BCUT2D eigenvalue weighted by molar-refractivity contribution is 14.1. The Balaban J connectivity index is 2.94. The second-order valence-corrected chi connectivity index (χ2v) is 4.57. The van der Waals surface area contributed by atoms with E-state index >= 15 is 0 Å². The highest BCUT2D eigenvalue weighted by Crippen LogP contribution is 2.25. The molecule has 0 spiro atoms. The Morgan fingerprint density at radius 2 is 2.00 bits per heavy atom. The zero-order valence-corrected chi connectivity index (χ0v) is 9.87. The Morgan fingerprint density at radius 3 is 2.50 bits per heavy atom. The number of hydrogen-bond donors (Lipinski definition) is 0. The summed E-state index contributed by atoms with van der Waals surface area (Å²) in [5, 5.41) is 0. The van der Waals surface area contributed by atoms with Crippen LogP contribution in [0.3, 0.4) is 0 Å². The molecule has 1 aromatic rings. The maximum Gasteiger partial charge on any atom is 0.0567 e. The fraction of sp³-hybridized carbons (Fsp3) is 0.500. The smallest absolute Gasteiger partial charge is 0.0567 e. The van der Waals surface area contributed by atoms with Gasteiger partial charge in [0.25, 0.3) is 0 Å². The van der Waals surface area contributed by atoms with Gasteiger partial charge in [0.05, 0.1) is 5.69 Å². The van der Waals surface area contributed by atoms with Crippen LogP contribution in [0, 0.1) is 9.49 Å². The fourth-order valence-electron chi connectivity index (χ4n) is 1.05. The van der Waals surface area contributed by atoms with Gasteiger partial charge < -0.3 is 0 Å². The Labute approximate surface area is 87.7 Å². The molecule has 12 heavy (non-hydrogen) atoms. The SMILES string of the molecule is CC(C)C(C)c1ncccc1I. The van der Waals surface area contributed by atoms with E-state index in [2.05, 4.69) is 54.4 Å². The lowest BCUT2D eigenvalue weighted by Gasteiger charge is -2.15. The van der Waals surface area contributed by atoms with Crippen molar-refractivity contribution < 1.29 is 0 Å². The largest absolute Gasteiger partial charge is 0.260 e. The van der Waals surface area contributed by atoms with Crippen molar-refractivity contribution in [2.24, 2.45) is 5.92 Å². The highest BCUT2D eigenvalue weighted by Gasteiger charge is 2.13. The van der Waals surface area contributed by atoms with E-state index in [0.717, 1.165) is 0 Å². The van der Waals surface area contributed by atoms with Crippen LogP contribution in [0.1, 0.15) is 32.4 Å². The molecule has 0 fully saturated rings. The van der Waals surface area contributed by atoms with E-state index in [1.165, 1.54) is 9.26 Å². The van der Waals surface area contributed by atoms with Crippen LogP contribution in [0.25, 0.3) is 0 Å². The molecule has 1 aromatic heterocycles. The summed E-state index contributed by atoms with van der Waals surface area (Å²) in [5.74, 6) is 1.21. The van der Waals surface area contributed by atoms with Crippen molar-refractivity contribution in [3.8, 4) is 0 Å². The lowest BCUT2D eigenvalue weighted by atomic mass is 9.94. The van der Waals surface area contributed by atoms with E-state index in [0.29, 0.717) is 11.8 Å². The van der Waals surface area contributed by atoms with Crippen LogP contribution in [0.15, 0.2) is 18.3 Å². The van der Waals surface area contributed by atoms with Gasteiger partial charge in [-0.3, -0.25) is 4.98 Å². The summed E-state index contributed by atoms with van der Waals surface area (Å²) in [6, 6.07) is 4.10. The predicted molar refractivity (Wildman–Crippen MR) is 60.2 cm³/mol. The molecule has 2 heteroatoms. The molecule has 0 saturated heterocycles.